The van der Waals surface area contributed by atoms with E-state index in [1.165, 1.54) is 0 Å². The maximum absolute atomic E-state index is 11.5. The SMILES string of the molecule is O=C(O)C(Cc1ccccc1)N1C(=O)C=CC1=O.O=C(O)C(Cc1ccccc1)N1C(=O)C=CC1=O.[CH3][Sn][CH3]. The topological polar surface area (TPSA) is 149 Å². The van der Waals surface area contributed by atoms with Crippen LogP contribution in [0.15, 0.2) is 85.0 Å². The molecule has 2 N–H and O–H groups in total. The molecule has 0 aliphatic carbocycles. The molecule has 2 atom stereocenters. The monoisotopic (exact) mass is 640 g/mol. The summed E-state index contributed by atoms with van der Waals surface area (Å²) in [5, 5.41) is 18.3. The molecule has 2 aliphatic rings. The van der Waals surface area contributed by atoms with Gasteiger partial charge in [-0.15, -0.1) is 0 Å². The van der Waals surface area contributed by atoms with Crippen molar-refractivity contribution in [1.29, 1.82) is 0 Å². The Bertz CT molecular complexity index is 1130. The van der Waals surface area contributed by atoms with E-state index in [1.54, 1.807) is 48.5 Å². The summed E-state index contributed by atoms with van der Waals surface area (Å²) in [7, 11) is 0. The minimum atomic E-state index is -1.19. The fourth-order valence-corrected chi connectivity index (χ4v) is 3.69. The van der Waals surface area contributed by atoms with Gasteiger partial charge in [0.1, 0.15) is 12.1 Å². The standard InChI is InChI=1S/2C13H11NO4.2CH3.Sn/c2*15-11-6-7-12(16)14(11)10(13(17)18)8-9-4-2-1-3-5-9;;;/h2*1-7,10H,8H2,(H,17,18);2*1H3;. The van der Waals surface area contributed by atoms with Gasteiger partial charge in [0.2, 0.25) is 0 Å². The fourth-order valence-electron chi connectivity index (χ4n) is 3.69. The van der Waals surface area contributed by atoms with Crippen molar-refractivity contribution in [2.45, 2.75) is 34.8 Å². The molecule has 4 amide bonds. The summed E-state index contributed by atoms with van der Waals surface area (Å²) in [5.74, 6) is -4.70. The van der Waals surface area contributed by atoms with Gasteiger partial charge >= 0.3 is 43.0 Å². The zero-order valence-corrected chi connectivity index (χ0v) is 24.2. The van der Waals surface area contributed by atoms with Crippen LogP contribution in [0.25, 0.3) is 0 Å². The van der Waals surface area contributed by atoms with E-state index in [-0.39, 0.29) is 34.0 Å². The molecular weight excluding hydrogens is 611 g/mol. The van der Waals surface area contributed by atoms with Crippen molar-refractivity contribution >= 4 is 56.7 Å². The van der Waals surface area contributed by atoms with Gasteiger partial charge in [-0.05, 0) is 11.1 Å². The van der Waals surface area contributed by atoms with Crippen LogP contribution in [-0.2, 0) is 41.6 Å². The molecule has 0 fully saturated rings. The van der Waals surface area contributed by atoms with Gasteiger partial charge in [0.05, 0.1) is 0 Å². The van der Waals surface area contributed by atoms with Crippen molar-refractivity contribution in [3.63, 3.8) is 0 Å². The average Bonchev–Trinajstić information content (AvgIpc) is 3.42. The first-order chi connectivity index (χ1) is 18.6. The summed E-state index contributed by atoms with van der Waals surface area (Å²) in [6.07, 6.45) is 4.56. The summed E-state index contributed by atoms with van der Waals surface area (Å²) >= 11 is 0.230. The molecule has 39 heavy (non-hydrogen) atoms. The van der Waals surface area contributed by atoms with Gasteiger partial charge in [-0.1, -0.05) is 60.7 Å². The first-order valence-electron chi connectivity index (χ1n) is 11.8. The Morgan fingerprint density at radius 2 is 0.872 bits per heavy atom. The van der Waals surface area contributed by atoms with Crippen LogP contribution < -0.4 is 0 Å². The van der Waals surface area contributed by atoms with Crippen LogP contribution >= 0.6 is 0 Å². The summed E-state index contributed by atoms with van der Waals surface area (Å²) in [6.45, 7) is 0. The number of amides is 4. The van der Waals surface area contributed by atoms with Crippen LogP contribution in [0.2, 0.25) is 9.88 Å². The molecule has 2 heterocycles. The van der Waals surface area contributed by atoms with Crippen LogP contribution in [-0.4, -0.2) is 88.8 Å². The number of carbonyl (C=O) groups excluding carboxylic acids is 4. The third-order valence-electron chi connectivity index (χ3n) is 5.42. The summed E-state index contributed by atoms with van der Waals surface area (Å²) < 4.78 is 0. The number of imide groups is 2. The van der Waals surface area contributed by atoms with Crippen molar-refractivity contribution in [3.8, 4) is 0 Å². The van der Waals surface area contributed by atoms with E-state index in [0.29, 0.717) is 0 Å². The summed E-state index contributed by atoms with van der Waals surface area (Å²) in [4.78, 5) is 74.5. The Labute approximate surface area is 235 Å². The third kappa shape index (κ3) is 9.02. The number of nitrogens with zero attached hydrogens (tertiary/aromatic N) is 2. The molecule has 0 spiro atoms. The van der Waals surface area contributed by atoms with E-state index in [2.05, 4.69) is 9.88 Å². The number of hydrogen-bond donors (Lipinski definition) is 2. The molecule has 0 bridgehead atoms. The normalized spacial score (nSPS) is 15.3. The number of aliphatic carboxylic acids is 2. The van der Waals surface area contributed by atoms with E-state index in [9.17, 15) is 28.8 Å². The second-order valence-electron chi connectivity index (χ2n) is 8.35. The molecule has 2 radical (unpaired) electrons. The van der Waals surface area contributed by atoms with Crippen molar-refractivity contribution in [2.24, 2.45) is 0 Å². The minimum absolute atomic E-state index is 0.106. The molecule has 10 nitrogen and oxygen atoms in total. The second-order valence-corrected chi connectivity index (χ2v) is 11.2. The number of benzene rings is 2. The van der Waals surface area contributed by atoms with E-state index in [4.69, 9.17) is 10.2 Å². The van der Waals surface area contributed by atoms with Crippen LogP contribution in [0.5, 0.6) is 0 Å². The van der Waals surface area contributed by atoms with E-state index in [1.807, 2.05) is 12.1 Å². The van der Waals surface area contributed by atoms with E-state index < -0.39 is 47.7 Å². The third-order valence-corrected chi connectivity index (χ3v) is 5.42. The van der Waals surface area contributed by atoms with Gasteiger partial charge in [0.25, 0.3) is 23.6 Å². The van der Waals surface area contributed by atoms with Gasteiger partial charge in [-0.25, -0.2) is 9.59 Å². The predicted molar refractivity (Wildman–Crippen MR) is 143 cm³/mol. The predicted octanol–water partition coefficient (Wildman–Crippen LogP) is 2.00. The molecule has 0 saturated carbocycles. The quantitative estimate of drug-likeness (QED) is 0.329. The van der Waals surface area contributed by atoms with Crippen LogP contribution in [0.4, 0.5) is 0 Å². The number of carboxylic acid groups (broad SMARTS) is 2. The van der Waals surface area contributed by atoms with Gasteiger partial charge in [-0.3, -0.25) is 29.0 Å². The van der Waals surface area contributed by atoms with Crippen molar-refractivity contribution in [3.05, 3.63) is 96.1 Å². The van der Waals surface area contributed by atoms with Crippen molar-refractivity contribution in [2.75, 3.05) is 0 Å². The molecule has 2 unspecified atom stereocenters. The van der Waals surface area contributed by atoms with Crippen molar-refractivity contribution in [1.82, 2.24) is 9.80 Å². The van der Waals surface area contributed by atoms with E-state index >= 15 is 0 Å². The van der Waals surface area contributed by atoms with Crippen LogP contribution in [0.1, 0.15) is 11.1 Å². The molecule has 2 aromatic rings. The first kappa shape index (κ1) is 31.2. The van der Waals surface area contributed by atoms with Crippen LogP contribution in [0.3, 0.4) is 0 Å². The van der Waals surface area contributed by atoms with Gasteiger partial charge in [0.15, 0.2) is 0 Å². The Hall–Kier alpha value is -4.06. The Morgan fingerprint density at radius 3 is 1.10 bits per heavy atom. The average molecular weight is 639 g/mol. The molecular formula is C28H28N2O8Sn. The Morgan fingerprint density at radius 1 is 0.615 bits per heavy atom. The molecule has 202 valence electrons. The molecule has 2 aliphatic heterocycles. The number of carbonyl (C=O) groups is 6. The molecule has 2 aromatic carbocycles. The van der Waals surface area contributed by atoms with Crippen molar-refractivity contribution < 1.29 is 39.0 Å². The summed E-state index contributed by atoms with van der Waals surface area (Å²) in [5.41, 5.74) is 1.52. The zero-order chi connectivity index (χ0) is 28.9. The van der Waals surface area contributed by atoms with Gasteiger partial charge < -0.3 is 10.2 Å². The van der Waals surface area contributed by atoms with Crippen LogP contribution in [0, 0.1) is 0 Å². The summed E-state index contributed by atoms with van der Waals surface area (Å²) in [6, 6.07) is 15.4. The zero-order valence-electron chi connectivity index (χ0n) is 21.4. The van der Waals surface area contributed by atoms with Gasteiger partial charge in [0, 0.05) is 37.1 Å². The second kappa shape index (κ2) is 15.4. The maximum atomic E-state index is 11.5. The number of carboxylic acids is 2. The number of rotatable bonds is 8. The van der Waals surface area contributed by atoms with E-state index in [0.717, 1.165) is 45.2 Å². The fraction of sp³-hybridized carbons (Fsp3) is 0.214. The Balaban J connectivity index is 0.000000249. The Kier molecular flexibility index (Phi) is 12.3. The molecule has 0 saturated heterocycles. The molecule has 4 rings (SSSR count). The van der Waals surface area contributed by atoms with Gasteiger partial charge in [-0.2, -0.15) is 0 Å². The number of hydrogen-bond acceptors (Lipinski definition) is 6. The molecule has 11 heteroatoms. The molecule has 0 aromatic heterocycles. The first-order valence-corrected chi connectivity index (χ1v) is 17.5.